The highest BCUT2D eigenvalue weighted by molar-refractivity contribution is 5.75. The Hall–Kier alpha value is -2.44. The van der Waals surface area contributed by atoms with Gasteiger partial charge in [0, 0.05) is 19.2 Å². The summed E-state index contributed by atoms with van der Waals surface area (Å²) in [5, 5.41) is 3.65. The molecule has 3 aromatic heterocycles. The van der Waals surface area contributed by atoms with Crippen molar-refractivity contribution >= 4 is 11.2 Å². The Bertz CT molecular complexity index is 827. The van der Waals surface area contributed by atoms with Crippen molar-refractivity contribution in [3.8, 4) is 0 Å². The molecule has 20 heavy (non-hydrogen) atoms. The van der Waals surface area contributed by atoms with E-state index in [1.807, 2.05) is 31.5 Å². The van der Waals surface area contributed by atoms with Crippen LogP contribution in [0.5, 0.6) is 0 Å². The Labute approximate surface area is 114 Å². The molecule has 3 rings (SSSR count). The van der Waals surface area contributed by atoms with Crippen LogP contribution in [-0.2, 0) is 19.9 Å². The van der Waals surface area contributed by atoms with Gasteiger partial charge in [0.05, 0.1) is 0 Å². The second kappa shape index (κ2) is 4.59. The third-order valence-electron chi connectivity index (χ3n) is 3.40. The first-order valence-electron chi connectivity index (χ1n) is 6.39. The third-order valence-corrected chi connectivity index (χ3v) is 3.40. The molecule has 104 valence electrons. The molecule has 0 spiro atoms. The Morgan fingerprint density at radius 2 is 2.10 bits per heavy atom. The fourth-order valence-electron chi connectivity index (χ4n) is 2.22. The zero-order valence-electron chi connectivity index (χ0n) is 11.6. The number of aromatic nitrogens is 5. The van der Waals surface area contributed by atoms with Crippen molar-refractivity contribution in [1.82, 2.24) is 24.7 Å². The van der Waals surface area contributed by atoms with Gasteiger partial charge in [0.15, 0.2) is 11.5 Å². The van der Waals surface area contributed by atoms with Gasteiger partial charge in [-0.25, -0.2) is 14.8 Å². The van der Waals surface area contributed by atoms with Crippen LogP contribution in [0.3, 0.4) is 0 Å². The molecule has 7 nitrogen and oxygen atoms in total. The van der Waals surface area contributed by atoms with Gasteiger partial charge in [0.25, 0.3) is 0 Å². The highest BCUT2D eigenvalue weighted by atomic mass is 16.5. The van der Waals surface area contributed by atoms with Gasteiger partial charge >= 0.3 is 5.76 Å². The van der Waals surface area contributed by atoms with Gasteiger partial charge in [-0.05, 0) is 31.9 Å². The molecule has 0 amide bonds. The predicted molar refractivity (Wildman–Crippen MR) is 72.5 cm³/mol. The van der Waals surface area contributed by atoms with E-state index in [2.05, 4.69) is 24.6 Å². The molecule has 0 unspecified atom stereocenters. The Morgan fingerprint density at radius 1 is 1.30 bits per heavy atom. The van der Waals surface area contributed by atoms with Crippen LogP contribution in [-0.4, -0.2) is 24.7 Å². The number of rotatable bonds is 3. The average molecular weight is 273 g/mol. The minimum atomic E-state index is -0.526. The predicted octanol–water partition coefficient (Wildman–Crippen LogP) is 1.05. The molecule has 0 bridgehead atoms. The van der Waals surface area contributed by atoms with E-state index in [0.29, 0.717) is 18.7 Å². The molecule has 3 aromatic rings. The van der Waals surface area contributed by atoms with Crippen LogP contribution in [0.4, 0.5) is 0 Å². The number of hydrogen-bond donors (Lipinski definition) is 1. The lowest BCUT2D eigenvalue weighted by atomic mass is 10.1. The van der Waals surface area contributed by atoms with E-state index in [0.717, 1.165) is 28.2 Å². The number of imidazole rings is 1. The fourth-order valence-corrected chi connectivity index (χ4v) is 2.22. The van der Waals surface area contributed by atoms with Crippen LogP contribution in [0.2, 0.25) is 0 Å². The van der Waals surface area contributed by atoms with E-state index in [4.69, 9.17) is 0 Å². The van der Waals surface area contributed by atoms with Crippen molar-refractivity contribution in [2.24, 2.45) is 7.05 Å². The number of hydrogen-bond acceptors (Lipinski definition) is 5. The summed E-state index contributed by atoms with van der Waals surface area (Å²) in [6.45, 7) is 3.98. The minimum Gasteiger partial charge on any atom is -0.316 e. The van der Waals surface area contributed by atoms with Gasteiger partial charge in [-0.2, -0.15) is 0 Å². The normalized spacial score (nSPS) is 11.3. The van der Waals surface area contributed by atoms with Crippen molar-refractivity contribution in [2.45, 2.75) is 26.7 Å². The Morgan fingerprint density at radius 3 is 2.80 bits per heavy atom. The van der Waals surface area contributed by atoms with Crippen LogP contribution in [0.15, 0.2) is 15.4 Å². The van der Waals surface area contributed by atoms with Gasteiger partial charge in [0.1, 0.15) is 11.3 Å². The van der Waals surface area contributed by atoms with Crippen molar-refractivity contribution in [2.75, 3.05) is 0 Å². The maximum absolute atomic E-state index is 10.9. The molecular formula is C13H15N5O2. The summed E-state index contributed by atoms with van der Waals surface area (Å²) in [7, 11) is 1.95. The highest BCUT2D eigenvalue weighted by Gasteiger charge is 2.11. The lowest BCUT2D eigenvalue weighted by Crippen LogP contribution is -2.01. The van der Waals surface area contributed by atoms with Crippen molar-refractivity contribution in [3.63, 3.8) is 0 Å². The maximum Gasteiger partial charge on any atom is 0.438 e. The fraction of sp³-hybridized carbons (Fsp3) is 0.385. The number of nitrogens with zero attached hydrogens (tertiary/aromatic N) is 4. The monoisotopic (exact) mass is 273 g/mol. The molecule has 0 radical (unpaired) electrons. The van der Waals surface area contributed by atoms with Crippen LogP contribution in [0.25, 0.3) is 11.2 Å². The van der Waals surface area contributed by atoms with E-state index in [1.165, 1.54) is 0 Å². The standard InChI is InChI=1S/C13H15N5O2/c1-7-6-9(4-5-10-16-13(19)20-17-10)15-12-11(7)14-8(2)18(12)3/h6H,4-5H2,1-3H3,(H,16,17,19). The second-order valence-electron chi connectivity index (χ2n) is 4.86. The molecule has 0 saturated heterocycles. The first kappa shape index (κ1) is 12.6. The number of pyridine rings is 1. The number of aromatic amines is 1. The van der Waals surface area contributed by atoms with Crippen LogP contribution in [0.1, 0.15) is 22.9 Å². The van der Waals surface area contributed by atoms with Crippen LogP contribution < -0.4 is 5.76 Å². The largest absolute Gasteiger partial charge is 0.438 e. The topological polar surface area (TPSA) is 89.6 Å². The molecule has 0 aliphatic rings. The quantitative estimate of drug-likeness (QED) is 0.770. The molecule has 0 saturated carbocycles. The minimum absolute atomic E-state index is 0.526. The van der Waals surface area contributed by atoms with Crippen LogP contribution in [0, 0.1) is 13.8 Å². The number of aryl methyl sites for hydroxylation is 5. The first-order valence-corrected chi connectivity index (χ1v) is 6.39. The first-order chi connectivity index (χ1) is 9.54. The summed E-state index contributed by atoms with van der Waals surface area (Å²) < 4.78 is 6.45. The molecule has 1 N–H and O–H groups in total. The van der Waals surface area contributed by atoms with Gasteiger partial charge in [-0.3, -0.25) is 9.51 Å². The smallest absolute Gasteiger partial charge is 0.316 e. The zero-order chi connectivity index (χ0) is 14.3. The van der Waals surface area contributed by atoms with Crippen molar-refractivity contribution in [1.29, 1.82) is 0 Å². The summed E-state index contributed by atoms with van der Waals surface area (Å²) in [4.78, 5) is 22.5. The molecule has 0 aromatic carbocycles. The SMILES string of the molecule is Cc1cc(CCc2noc(=O)[nH]2)nc2c1nc(C)n2C. The molecule has 0 atom stereocenters. The van der Waals surface area contributed by atoms with E-state index < -0.39 is 5.76 Å². The lowest BCUT2D eigenvalue weighted by molar-refractivity contribution is 0.381. The van der Waals surface area contributed by atoms with Crippen molar-refractivity contribution < 1.29 is 4.52 Å². The molecule has 3 heterocycles. The van der Waals surface area contributed by atoms with Gasteiger partial charge < -0.3 is 4.57 Å². The number of fused-ring (bicyclic) bond motifs is 1. The maximum atomic E-state index is 10.9. The summed E-state index contributed by atoms with van der Waals surface area (Å²) in [5.41, 5.74) is 3.86. The van der Waals surface area contributed by atoms with Crippen LogP contribution >= 0.6 is 0 Å². The van der Waals surface area contributed by atoms with Crippen molar-refractivity contribution in [3.05, 3.63) is 39.5 Å². The second-order valence-corrected chi connectivity index (χ2v) is 4.86. The molecule has 0 fully saturated rings. The van der Waals surface area contributed by atoms with Gasteiger partial charge in [-0.1, -0.05) is 5.16 Å². The highest BCUT2D eigenvalue weighted by Crippen LogP contribution is 2.18. The Kier molecular flexibility index (Phi) is 2.89. The molecule has 0 aliphatic carbocycles. The lowest BCUT2D eigenvalue weighted by Gasteiger charge is -2.03. The summed E-state index contributed by atoms with van der Waals surface area (Å²) in [5.74, 6) is 0.950. The summed E-state index contributed by atoms with van der Waals surface area (Å²) in [6, 6.07) is 2.02. The van der Waals surface area contributed by atoms with E-state index in [9.17, 15) is 4.79 Å². The molecule has 7 heteroatoms. The summed E-state index contributed by atoms with van der Waals surface area (Å²) in [6.07, 6.45) is 1.27. The number of nitrogens with one attached hydrogen (secondary N) is 1. The van der Waals surface area contributed by atoms with Gasteiger partial charge in [0.2, 0.25) is 0 Å². The number of H-pyrrole nitrogens is 1. The third kappa shape index (κ3) is 2.11. The van der Waals surface area contributed by atoms with Gasteiger partial charge in [-0.15, -0.1) is 0 Å². The van der Waals surface area contributed by atoms with E-state index >= 15 is 0 Å². The van der Waals surface area contributed by atoms with E-state index in [-0.39, 0.29) is 0 Å². The molecular weight excluding hydrogens is 258 g/mol. The Balaban J connectivity index is 1.92. The average Bonchev–Trinajstić information content (AvgIpc) is 2.94. The molecule has 0 aliphatic heterocycles. The summed E-state index contributed by atoms with van der Waals surface area (Å²) >= 11 is 0. The zero-order valence-corrected chi connectivity index (χ0v) is 11.6. The van der Waals surface area contributed by atoms with E-state index in [1.54, 1.807) is 0 Å².